The Hall–Kier alpha value is -2.01. The maximum Gasteiger partial charge on any atom is 0.337 e. The second kappa shape index (κ2) is 7.69. The number of methoxy groups -OCH3 is 1. The van der Waals surface area contributed by atoms with Crippen molar-refractivity contribution >= 4 is 21.9 Å². The van der Waals surface area contributed by atoms with Crippen LogP contribution in [0, 0.1) is 0 Å². The van der Waals surface area contributed by atoms with Gasteiger partial charge in [0.2, 0.25) is 0 Å². The predicted molar refractivity (Wildman–Crippen MR) is 82.9 cm³/mol. The summed E-state index contributed by atoms with van der Waals surface area (Å²) >= 11 is 3.37. The van der Waals surface area contributed by atoms with E-state index >= 15 is 0 Å². The molecule has 0 bridgehead atoms. The third-order valence-electron chi connectivity index (χ3n) is 2.71. The molecule has 0 spiro atoms. The van der Waals surface area contributed by atoms with Gasteiger partial charge in [-0.25, -0.2) is 4.79 Å². The zero-order valence-corrected chi connectivity index (χ0v) is 13.1. The van der Waals surface area contributed by atoms with Crippen LogP contribution < -0.4 is 9.47 Å². The molecule has 5 heteroatoms. The van der Waals surface area contributed by atoms with Crippen LogP contribution in [0.15, 0.2) is 53.0 Å². The predicted octanol–water partition coefficient (Wildman–Crippen LogP) is 3.69. The number of rotatable bonds is 6. The summed E-state index contributed by atoms with van der Waals surface area (Å²) in [7, 11) is 1.35. The number of carbonyl (C=O) groups is 1. The summed E-state index contributed by atoms with van der Waals surface area (Å²) in [5, 5.41) is 0. The molecule has 0 heterocycles. The molecule has 0 aromatic heterocycles. The van der Waals surface area contributed by atoms with Crippen LogP contribution in [0.25, 0.3) is 0 Å². The molecule has 0 unspecified atom stereocenters. The molecule has 0 N–H and O–H groups in total. The highest BCUT2D eigenvalue weighted by atomic mass is 79.9. The third-order valence-corrected chi connectivity index (χ3v) is 3.24. The van der Waals surface area contributed by atoms with E-state index in [0.29, 0.717) is 24.5 Å². The Bertz CT molecular complexity index is 578. The van der Waals surface area contributed by atoms with Crippen LogP contribution >= 0.6 is 15.9 Å². The molecule has 0 fully saturated rings. The van der Waals surface area contributed by atoms with Gasteiger partial charge in [-0.3, -0.25) is 0 Å². The highest BCUT2D eigenvalue weighted by Gasteiger charge is 2.04. The number of halogens is 1. The highest BCUT2D eigenvalue weighted by Crippen LogP contribution is 2.16. The molecular formula is C16H15BrO4. The minimum Gasteiger partial charge on any atom is -0.490 e. The van der Waals surface area contributed by atoms with Gasteiger partial charge in [-0.1, -0.05) is 15.9 Å². The largest absolute Gasteiger partial charge is 0.490 e. The van der Waals surface area contributed by atoms with Crippen molar-refractivity contribution in [3.63, 3.8) is 0 Å². The second-order valence-corrected chi connectivity index (χ2v) is 5.08. The van der Waals surface area contributed by atoms with Crippen molar-refractivity contribution in [1.29, 1.82) is 0 Å². The molecule has 2 rings (SSSR count). The molecule has 21 heavy (non-hydrogen) atoms. The fraction of sp³-hybridized carbons (Fsp3) is 0.188. The van der Waals surface area contributed by atoms with E-state index in [1.807, 2.05) is 24.3 Å². The van der Waals surface area contributed by atoms with E-state index in [1.165, 1.54) is 7.11 Å². The van der Waals surface area contributed by atoms with E-state index < -0.39 is 0 Å². The van der Waals surface area contributed by atoms with Crippen LogP contribution in [-0.2, 0) is 4.74 Å². The number of hydrogen-bond donors (Lipinski definition) is 0. The van der Waals surface area contributed by atoms with Crippen LogP contribution in [0.3, 0.4) is 0 Å². The molecule has 0 atom stereocenters. The summed E-state index contributed by atoms with van der Waals surface area (Å²) in [6, 6.07) is 14.4. The van der Waals surface area contributed by atoms with Gasteiger partial charge in [0.05, 0.1) is 12.7 Å². The maximum absolute atomic E-state index is 11.3. The van der Waals surface area contributed by atoms with Gasteiger partial charge >= 0.3 is 5.97 Å². The average Bonchev–Trinajstić information content (AvgIpc) is 2.53. The molecule has 0 amide bonds. The van der Waals surface area contributed by atoms with Gasteiger partial charge in [0, 0.05) is 4.47 Å². The molecule has 0 saturated heterocycles. The lowest BCUT2D eigenvalue weighted by Crippen LogP contribution is -2.09. The molecule has 0 aliphatic rings. The summed E-state index contributed by atoms with van der Waals surface area (Å²) in [6.45, 7) is 0.869. The number of benzene rings is 2. The highest BCUT2D eigenvalue weighted by molar-refractivity contribution is 9.10. The standard InChI is InChI=1S/C16H15BrO4/c1-19-16(18)12-2-6-14(7-3-12)20-10-11-21-15-8-4-13(17)5-9-15/h2-9H,10-11H2,1H3. The van der Waals surface area contributed by atoms with Crippen LogP contribution in [0.2, 0.25) is 0 Å². The molecule has 2 aromatic rings. The second-order valence-electron chi connectivity index (χ2n) is 4.17. The molecule has 2 aromatic carbocycles. The number of ether oxygens (including phenoxy) is 3. The van der Waals surface area contributed by atoms with Crippen molar-refractivity contribution in [2.24, 2.45) is 0 Å². The van der Waals surface area contributed by atoms with Crippen LogP contribution in [0.5, 0.6) is 11.5 Å². The normalized spacial score (nSPS) is 10.0. The number of hydrogen-bond acceptors (Lipinski definition) is 4. The van der Waals surface area contributed by atoms with Crippen molar-refractivity contribution in [3.05, 3.63) is 58.6 Å². The van der Waals surface area contributed by atoms with Gasteiger partial charge in [0.15, 0.2) is 0 Å². The van der Waals surface area contributed by atoms with Crippen molar-refractivity contribution in [3.8, 4) is 11.5 Å². The monoisotopic (exact) mass is 350 g/mol. The van der Waals surface area contributed by atoms with Crippen LogP contribution in [-0.4, -0.2) is 26.3 Å². The zero-order chi connectivity index (χ0) is 15.1. The van der Waals surface area contributed by atoms with E-state index in [2.05, 4.69) is 20.7 Å². The van der Waals surface area contributed by atoms with Crippen LogP contribution in [0.4, 0.5) is 0 Å². The lowest BCUT2D eigenvalue weighted by Gasteiger charge is -2.08. The first-order valence-electron chi connectivity index (χ1n) is 6.38. The van der Waals surface area contributed by atoms with Gasteiger partial charge in [-0.05, 0) is 48.5 Å². The van der Waals surface area contributed by atoms with Crippen molar-refractivity contribution in [1.82, 2.24) is 0 Å². The summed E-state index contributed by atoms with van der Waals surface area (Å²) in [6.07, 6.45) is 0. The minimum atomic E-state index is -0.361. The minimum absolute atomic E-state index is 0.361. The first-order chi connectivity index (χ1) is 10.2. The first-order valence-corrected chi connectivity index (χ1v) is 7.18. The first kappa shape index (κ1) is 15.4. The van der Waals surface area contributed by atoms with E-state index in [9.17, 15) is 4.79 Å². The molecule has 0 radical (unpaired) electrons. The maximum atomic E-state index is 11.3. The zero-order valence-electron chi connectivity index (χ0n) is 11.5. The quantitative estimate of drug-likeness (QED) is 0.588. The Morgan fingerprint density at radius 3 is 1.86 bits per heavy atom. The van der Waals surface area contributed by atoms with Gasteiger partial charge in [0.1, 0.15) is 24.7 Å². The fourth-order valence-electron chi connectivity index (χ4n) is 1.65. The smallest absolute Gasteiger partial charge is 0.337 e. The fourth-order valence-corrected chi connectivity index (χ4v) is 1.92. The van der Waals surface area contributed by atoms with E-state index in [4.69, 9.17) is 9.47 Å². The van der Waals surface area contributed by atoms with E-state index in [0.717, 1.165) is 10.2 Å². The average molecular weight is 351 g/mol. The van der Waals surface area contributed by atoms with Gasteiger partial charge in [0.25, 0.3) is 0 Å². The summed E-state index contributed by atoms with van der Waals surface area (Å²) in [4.78, 5) is 11.3. The van der Waals surface area contributed by atoms with Crippen LogP contribution in [0.1, 0.15) is 10.4 Å². The van der Waals surface area contributed by atoms with E-state index in [1.54, 1.807) is 24.3 Å². The van der Waals surface area contributed by atoms with Gasteiger partial charge < -0.3 is 14.2 Å². The van der Waals surface area contributed by atoms with E-state index in [-0.39, 0.29) is 5.97 Å². The Balaban J connectivity index is 1.75. The van der Waals surface area contributed by atoms with Crippen molar-refractivity contribution in [2.75, 3.05) is 20.3 Å². The SMILES string of the molecule is COC(=O)c1ccc(OCCOc2ccc(Br)cc2)cc1. The Labute approximate surface area is 131 Å². The lowest BCUT2D eigenvalue weighted by atomic mass is 10.2. The number of carbonyl (C=O) groups excluding carboxylic acids is 1. The lowest BCUT2D eigenvalue weighted by molar-refractivity contribution is 0.0600. The number of esters is 1. The molecule has 0 aliphatic heterocycles. The van der Waals surface area contributed by atoms with Gasteiger partial charge in [-0.15, -0.1) is 0 Å². The van der Waals surface area contributed by atoms with Gasteiger partial charge in [-0.2, -0.15) is 0 Å². The Morgan fingerprint density at radius 2 is 1.38 bits per heavy atom. The summed E-state index contributed by atoms with van der Waals surface area (Å²) < 4.78 is 16.7. The summed E-state index contributed by atoms with van der Waals surface area (Å²) in [5.41, 5.74) is 0.496. The summed E-state index contributed by atoms with van der Waals surface area (Å²) in [5.74, 6) is 1.12. The Morgan fingerprint density at radius 1 is 0.905 bits per heavy atom. The topological polar surface area (TPSA) is 44.8 Å². The van der Waals surface area contributed by atoms with Crippen molar-refractivity contribution < 1.29 is 19.0 Å². The molecule has 0 aliphatic carbocycles. The molecular weight excluding hydrogens is 336 g/mol. The Kier molecular flexibility index (Phi) is 5.63. The molecule has 4 nitrogen and oxygen atoms in total. The molecule has 0 saturated carbocycles. The van der Waals surface area contributed by atoms with Crippen molar-refractivity contribution in [2.45, 2.75) is 0 Å². The third kappa shape index (κ3) is 4.79. The molecule has 110 valence electrons.